The van der Waals surface area contributed by atoms with Crippen molar-refractivity contribution in [1.29, 1.82) is 0 Å². The van der Waals surface area contributed by atoms with Crippen LogP contribution in [0.1, 0.15) is 32.6 Å². The van der Waals surface area contributed by atoms with E-state index in [0.29, 0.717) is 17.7 Å². The average molecular weight is 318 g/mol. The quantitative estimate of drug-likeness (QED) is 0.846. The van der Waals surface area contributed by atoms with Crippen molar-refractivity contribution >= 4 is 41.0 Å². The Kier molecular flexibility index (Phi) is 5.97. The first-order chi connectivity index (χ1) is 9.19. The lowest BCUT2D eigenvalue weighted by Gasteiger charge is -2.29. The molecule has 1 heterocycles. The van der Waals surface area contributed by atoms with Gasteiger partial charge in [-0.15, -0.1) is 0 Å². The van der Waals surface area contributed by atoms with E-state index in [4.69, 9.17) is 0 Å². The topological polar surface area (TPSA) is 54.9 Å². The number of rotatable bonds is 5. The summed E-state index contributed by atoms with van der Waals surface area (Å²) < 4.78 is 5.05. The monoisotopic (exact) mass is 317 g/mol. The molecule has 0 bridgehead atoms. The Bertz CT molecular complexity index is 424. The zero-order valence-corrected chi connectivity index (χ0v) is 13.7. The summed E-state index contributed by atoms with van der Waals surface area (Å²) in [5.41, 5.74) is 0. The van der Waals surface area contributed by atoms with Crippen LogP contribution in [0.3, 0.4) is 0 Å². The van der Waals surface area contributed by atoms with Crippen LogP contribution in [0.15, 0.2) is 9.50 Å². The molecule has 1 aliphatic carbocycles. The summed E-state index contributed by atoms with van der Waals surface area (Å²) in [5, 5.41) is 3.94. The molecule has 2 atom stereocenters. The maximum Gasteiger partial charge on any atom is 0.230 e. The fourth-order valence-corrected chi connectivity index (χ4v) is 4.27. The standard InChI is InChI=1S/C12H19N3OS3/c1-8-5-3-4-6-9(8)13-10(16)7-18-12-14-11(17-2)15-19-12/h8-9H,3-7H2,1-2H3,(H,13,16)/t8-,9-/m0/s1. The molecular formula is C12H19N3OS3. The largest absolute Gasteiger partial charge is 0.352 e. The van der Waals surface area contributed by atoms with E-state index < -0.39 is 0 Å². The second kappa shape index (κ2) is 7.50. The van der Waals surface area contributed by atoms with Crippen LogP contribution in [-0.4, -0.2) is 33.3 Å². The van der Waals surface area contributed by atoms with Crippen molar-refractivity contribution in [2.75, 3.05) is 12.0 Å². The van der Waals surface area contributed by atoms with Crippen LogP contribution in [0.4, 0.5) is 0 Å². The minimum absolute atomic E-state index is 0.115. The van der Waals surface area contributed by atoms with E-state index in [1.54, 1.807) is 0 Å². The highest BCUT2D eigenvalue weighted by Gasteiger charge is 2.22. The molecule has 1 fully saturated rings. The lowest BCUT2D eigenvalue weighted by Crippen LogP contribution is -2.41. The highest BCUT2D eigenvalue weighted by Crippen LogP contribution is 2.25. The molecule has 1 aliphatic rings. The van der Waals surface area contributed by atoms with Gasteiger partial charge in [-0.3, -0.25) is 4.79 Å². The van der Waals surface area contributed by atoms with Gasteiger partial charge in [0, 0.05) is 6.04 Å². The van der Waals surface area contributed by atoms with Gasteiger partial charge in [-0.2, -0.15) is 4.37 Å². The van der Waals surface area contributed by atoms with Gasteiger partial charge in [-0.25, -0.2) is 4.98 Å². The highest BCUT2D eigenvalue weighted by molar-refractivity contribution is 8.01. The number of aromatic nitrogens is 2. The molecule has 0 saturated heterocycles. The van der Waals surface area contributed by atoms with Crippen LogP contribution < -0.4 is 5.32 Å². The van der Waals surface area contributed by atoms with Crippen LogP contribution in [0.25, 0.3) is 0 Å². The normalized spacial score (nSPS) is 23.3. The first-order valence-electron chi connectivity index (χ1n) is 6.49. The van der Waals surface area contributed by atoms with Crippen molar-refractivity contribution in [2.45, 2.75) is 48.1 Å². The smallest absolute Gasteiger partial charge is 0.230 e. The Morgan fingerprint density at radius 3 is 2.95 bits per heavy atom. The fourth-order valence-electron chi connectivity index (χ4n) is 2.24. The van der Waals surface area contributed by atoms with Gasteiger partial charge < -0.3 is 5.32 Å². The van der Waals surface area contributed by atoms with Crippen LogP contribution >= 0.6 is 35.1 Å². The minimum Gasteiger partial charge on any atom is -0.352 e. The van der Waals surface area contributed by atoms with E-state index >= 15 is 0 Å². The SMILES string of the molecule is CSc1nsc(SCC(=O)N[C@H]2CCCC[C@@H]2C)n1. The summed E-state index contributed by atoms with van der Waals surface area (Å²) in [6.45, 7) is 2.23. The molecule has 0 unspecified atom stereocenters. The fraction of sp³-hybridized carbons (Fsp3) is 0.750. The molecule has 1 saturated carbocycles. The van der Waals surface area contributed by atoms with Crippen molar-refractivity contribution in [1.82, 2.24) is 14.7 Å². The van der Waals surface area contributed by atoms with Crippen LogP contribution in [0.2, 0.25) is 0 Å². The van der Waals surface area contributed by atoms with Gasteiger partial charge in [0.15, 0.2) is 4.34 Å². The van der Waals surface area contributed by atoms with Gasteiger partial charge in [0.25, 0.3) is 0 Å². The summed E-state index contributed by atoms with van der Waals surface area (Å²) in [7, 11) is 0. The summed E-state index contributed by atoms with van der Waals surface area (Å²) in [6, 6.07) is 0.359. The van der Waals surface area contributed by atoms with Crippen molar-refractivity contribution in [3.63, 3.8) is 0 Å². The molecule has 4 nitrogen and oxygen atoms in total. The Labute approximate surface area is 126 Å². The van der Waals surface area contributed by atoms with Crippen molar-refractivity contribution in [3.8, 4) is 0 Å². The van der Waals surface area contributed by atoms with Gasteiger partial charge in [-0.1, -0.05) is 43.3 Å². The molecule has 2 rings (SSSR count). The van der Waals surface area contributed by atoms with Gasteiger partial charge in [-0.05, 0) is 36.5 Å². The van der Waals surface area contributed by atoms with E-state index in [0.717, 1.165) is 15.9 Å². The number of amides is 1. The van der Waals surface area contributed by atoms with E-state index in [-0.39, 0.29) is 5.91 Å². The number of nitrogens with one attached hydrogen (secondary N) is 1. The number of thioether (sulfide) groups is 2. The van der Waals surface area contributed by atoms with Crippen molar-refractivity contribution < 1.29 is 4.79 Å². The van der Waals surface area contributed by atoms with Crippen molar-refractivity contribution in [3.05, 3.63) is 0 Å². The second-order valence-corrected chi connectivity index (χ2v) is 7.52. The van der Waals surface area contributed by atoms with Crippen LogP contribution in [-0.2, 0) is 4.79 Å². The van der Waals surface area contributed by atoms with E-state index in [2.05, 4.69) is 21.6 Å². The lowest BCUT2D eigenvalue weighted by atomic mass is 9.86. The number of carbonyl (C=O) groups excluding carboxylic acids is 1. The number of carbonyl (C=O) groups is 1. The predicted octanol–water partition coefficient (Wildman–Crippen LogP) is 3.05. The molecule has 0 radical (unpaired) electrons. The third kappa shape index (κ3) is 4.65. The van der Waals surface area contributed by atoms with Gasteiger partial charge >= 0.3 is 0 Å². The Hall–Kier alpha value is -0.270. The summed E-state index contributed by atoms with van der Waals surface area (Å²) in [4.78, 5) is 16.2. The minimum atomic E-state index is 0.115. The Morgan fingerprint density at radius 2 is 2.26 bits per heavy atom. The summed E-state index contributed by atoms with van der Waals surface area (Å²) >= 11 is 4.36. The molecule has 0 spiro atoms. The molecule has 0 aliphatic heterocycles. The second-order valence-electron chi connectivity index (χ2n) is 4.77. The number of hydrogen-bond acceptors (Lipinski definition) is 6. The van der Waals surface area contributed by atoms with Gasteiger partial charge in [0.1, 0.15) is 0 Å². The van der Waals surface area contributed by atoms with Crippen molar-refractivity contribution in [2.24, 2.45) is 5.92 Å². The first kappa shape index (κ1) is 15.1. The highest BCUT2D eigenvalue weighted by atomic mass is 32.2. The third-order valence-electron chi connectivity index (χ3n) is 3.36. The van der Waals surface area contributed by atoms with Gasteiger partial charge in [0.05, 0.1) is 5.75 Å². The molecule has 1 N–H and O–H groups in total. The Morgan fingerprint density at radius 1 is 1.47 bits per heavy atom. The van der Waals surface area contributed by atoms with Crippen LogP contribution in [0.5, 0.6) is 0 Å². The van der Waals surface area contributed by atoms with E-state index in [1.165, 1.54) is 54.3 Å². The summed E-state index contributed by atoms with van der Waals surface area (Å²) in [5.74, 6) is 1.16. The maximum atomic E-state index is 11.9. The molecule has 1 aromatic rings. The first-order valence-corrected chi connectivity index (χ1v) is 9.47. The third-order valence-corrected chi connectivity index (χ3v) is 5.85. The predicted molar refractivity (Wildman–Crippen MR) is 82.0 cm³/mol. The average Bonchev–Trinajstić information content (AvgIpc) is 2.87. The lowest BCUT2D eigenvalue weighted by molar-refractivity contribution is -0.119. The molecule has 106 valence electrons. The zero-order valence-electron chi connectivity index (χ0n) is 11.2. The number of nitrogens with zero attached hydrogens (tertiary/aromatic N) is 2. The molecule has 7 heteroatoms. The van der Waals surface area contributed by atoms with E-state index in [1.807, 2.05) is 6.26 Å². The Balaban J connectivity index is 1.74. The molecule has 0 aromatic carbocycles. The zero-order chi connectivity index (χ0) is 13.7. The molecule has 19 heavy (non-hydrogen) atoms. The van der Waals surface area contributed by atoms with E-state index in [9.17, 15) is 4.79 Å². The van der Waals surface area contributed by atoms with Crippen LogP contribution in [0, 0.1) is 5.92 Å². The summed E-state index contributed by atoms with van der Waals surface area (Å²) in [6.07, 6.45) is 6.83. The maximum absolute atomic E-state index is 11.9. The van der Waals surface area contributed by atoms with Gasteiger partial charge in [0.2, 0.25) is 11.1 Å². The number of hydrogen-bond donors (Lipinski definition) is 1. The molecule has 1 amide bonds. The molecular weight excluding hydrogens is 298 g/mol. The molecule has 1 aromatic heterocycles.